The van der Waals surface area contributed by atoms with Gasteiger partial charge in [0.25, 0.3) is 0 Å². The Morgan fingerprint density at radius 3 is 2.60 bits per heavy atom. The molecule has 3 nitrogen and oxygen atoms in total. The van der Waals surface area contributed by atoms with Crippen molar-refractivity contribution in [2.24, 2.45) is 11.3 Å². The van der Waals surface area contributed by atoms with Crippen LogP contribution in [0.3, 0.4) is 0 Å². The summed E-state index contributed by atoms with van der Waals surface area (Å²) >= 11 is 5.33. The van der Waals surface area contributed by atoms with Crippen LogP contribution in [0, 0.1) is 11.3 Å². The SMILES string of the molecule is CC1(C)CC(=O)[C@H]2[C@H](C1)NC(=S)N[C@@H]2c1ccccc1. The highest BCUT2D eigenvalue weighted by Crippen LogP contribution is 2.42. The van der Waals surface area contributed by atoms with E-state index in [1.165, 1.54) is 0 Å². The van der Waals surface area contributed by atoms with Gasteiger partial charge < -0.3 is 10.6 Å². The molecule has 0 aromatic heterocycles. The third-order valence-corrected chi connectivity index (χ3v) is 4.59. The molecule has 1 heterocycles. The number of hydrogen-bond acceptors (Lipinski definition) is 2. The predicted octanol–water partition coefficient (Wildman–Crippen LogP) is 2.58. The average Bonchev–Trinajstić information content (AvgIpc) is 2.36. The number of Topliss-reactive ketones (excluding diaryl/α,β-unsaturated/α-hetero) is 1. The highest BCUT2D eigenvalue weighted by Gasteiger charge is 2.47. The minimum Gasteiger partial charge on any atom is -0.359 e. The molecule has 20 heavy (non-hydrogen) atoms. The van der Waals surface area contributed by atoms with Gasteiger partial charge in [-0.15, -0.1) is 0 Å². The molecule has 0 spiro atoms. The summed E-state index contributed by atoms with van der Waals surface area (Å²) in [5, 5.41) is 7.25. The highest BCUT2D eigenvalue weighted by atomic mass is 32.1. The van der Waals surface area contributed by atoms with Crippen molar-refractivity contribution in [2.45, 2.75) is 38.8 Å². The molecule has 4 heteroatoms. The average molecular weight is 288 g/mol. The molecule has 1 aliphatic heterocycles. The van der Waals surface area contributed by atoms with Gasteiger partial charge in [0.15, 0.2) is 5.11 Å². The number of nitrogens with one attached hydrogen (secondary N) is 2. The Balaban J connectivity index is 1.95. The highest BCUT2D eigenvalue weighted by molar-refractivity contribution is 7.80. The summed E-state index contributed by atoms with van der Waals surface area (Å²) in [5.41, 5.74) is 1.19. The number of carbonyl (C=O) groups excluding carboxylic acids is 1. The first-order valence-corrected chi connectivity index (χ1v) is 7.52. The standard InChI is InChI=1S/C16H20N2OS/c1-16(2)8-11-13(12(19)9-16)14(18-15(20)17-11)10-6-4-3-5-7-10/h3-7,11,13-14H,8-9H2,1-2H3,(H2,17,18,20)/t11-,13+,14+/m0/s1. The minimum absolute atomic E-state index is 0.00134. The van der Waals surface area contributed by atoms with Gasteiger partial charge in [-0.2, -0.15) is 0 Å². The Kier molecular flexibility index (Phi) is 3.28. The number of fused-ring (bicyclic) bond motifs is 1. The van der Waals surface area contributed by atoms with Gasteiger partial charge in [0, 0.05) is 12.5 Å². The van der Waals surface area contributed by atoms with Crippen molar-refractivity contribution in [3.8, 4) is 0 Å². The summed E-state index contributed by atoms with van der Waals surface area (Å²) in [6.07, 6.45) is 1.63. The zero-order valence-corrected chi connectivity index (χ0v) is 12.7. The maximum absolute atomic E-state index is 12.6. The largest absolute Gasteiger partial charge is 0.359 e. The van der Waals surface area contributed by atoms with Crippen LogP contribution in [-0.4, -0.2) is 16.9 Å². The van der Waals surface area contributed by atoms with Gasteiger partial charge in [-0.1, -0.05) is 44.2 Å². The van der Waals surface area contributed by atoms with Crippen LogP contribution in [-0.2, 0) is 4.79 Å². The summed E-state index contributed by atoms with van der Waals surface area (Å²) in [4.78, 5) is 12.6. The maximum atomic E-state index is 12.6. The number of ketones is 1. The molecule has 2 fully saturated rings. The van der Waals surface area contributed by atoms with E-state index in [9.17, 15) is 4.79 Å². The molecule has 0 bridgehead atoms. The van der Waals surface area contributed by atoms with Gasteiger partial charge in [0.1, 0.15) is 5.78 Å². The molecule has 0 amide bonds. The normalized spacial score (nSPS) is 32.0. The minimum atomic E-state index is -0.0304. The number of rotatable bonds is 1. The molecule has 1 saturated carbocycles. The smallest absolute Gasteiger partial charge is 0.167 e. The third kappa shape index (κ3) is 2.44. The van der Waals surface area contributed by atoms with Crippen LogP contribution in [0.15, 0.2) is 30.3 Å². The Morgan fingerprint density at radius 1 is 1.20 bits per heavy atom. The van der Waals surface area contributed by atoms with E-state index in [-0.39, 0.29) is 23.4 Å². The lowest BCUT2D eigenvalue weighted by atomic mass is 9.66. The number of carbonyl (C=O) groups is 1. The van der Waals surface area contributed by atoms with E-state index < -0.39 is 0 Å². The number of thiocarbonyl (C=S) groups is 1. The lowest BCUT2D eigenvalue weighted by molar-refractivity contribution is -0.130. The van der Waals surface area contributed by atoms with E-state index in [1.807, 2.05) is 18.2 Å². The lowest BCUT2D eigenvalue weighted by Gasteiger charge is -2.47. The van der Waals surface area contributed by atoms with Crippen molar-refractivity contribution < 1.29 is 4.79 Å². The van der Waals surface area contributed by atoms with E-state index in [2.05, 4.69) is 36.6 Å². The molecular formula is C16H20N2OS. The van der Waals surface area contributed by atoms with Gasteiger partial charge in [0.2, 0.25) is 0 Å². The molecular weight excluding hydrogens is 268 g/mol. The van der Waals surface area contributed by atoms with E-state index >= 15 is 0 Å². The summed E-state index contributed by atoms with van der Waals surface area (Å²) in [6, 6.07) is 10.3. The fraction of sp³-hybridized carbons (Fsp3) is 0.500. The van der Waals surface area contributed by atoms with E-state index in [1.54, 1.807) is 0 Å². The molecule has 106 valence electrons. The zero-order valence-electron chi connectivity index (χ0n) is 11.8. The Labute approximate surface area is 125 Å². The summed E-state index contributed by atoms with van der Waals surface area (Å²) < 4.78 is 0. The van der Waals surface area contributed by atoms with Gasteiger partial charge in [-0.25, -0.2) is 0 Å². The topological polar surface area (TPSA) is 41.1 Å². The number of hydrogen-bond donors (Lipinski definition) is 2. The fourth-order valence-electron chi connectivity index (χ4n) is 3.56. The Bertz CT molecular complexity index is 541. The molecule has 1 aromatic carbocycles. The molecule has 1 aliphatic carbocycles. The van der Waals surface area contributed by atoms with Crippen LogP contribution < -0.4 is 10.6 Å². The second-order valence-corrected chi connectivity index (χ2v) is 7.06. The van der Waals surface area contributed by atoms with Crippen molar-refractivity contribution in [1.29, 1.82) is 0 Å². The first kappa shape index (κ1) is 13.6. The second kappa shape index (κ2) is 4.85. The van der Waals surface area contributed by atoms with Crippen LogP contribution in [0.5, 0.6) is 0 Å². The molecule has 0 unspecified atom stereocenters. The summed E-state index contributed by atoms with van der Waals surface area (Å²) in [6.45, 7) is 4.32. The molecule has 3 rings (SSSR count). The summed E-state index contributed by atoms with van der Waals surface area (Å²) in [5.74, 6) is 0.305. The summed E-state index contributed by atoms with van der Waals surface area (Å²) in [7, 11) is 0. The molecule has 1 saturated heterocycles. The third-order valence-electron chi connectivity index (χ3n) is 4.35. The van der Waals surface area contributed by atoms with Gasteiger partial charge in [-0.3, -0.25) is 4.79 Å². The van der Waals surface area contributed by atoms with Crippen molar-refractivity contribution in [2.75, 3.05) is 0 Å². The van der Waals surface area contributed by atoms with Crippen LogP contribution >= 0.6 is 12.2 Å². The fourth-order valence-corrected chi connectivity index (χ4v) is 3.84. The monoisotopic (exact) mass is 288 g/mol. The molecule has 1 aromatic rings. The maximum Gasteiger partial charge on any atom is 0.167 e. The first-order valence-electron chi connectivity index (χ1n) is 7.11. The van der Waals surface area contributed by atoms with Crippen LogP contribution in [0.1, 0.15) is 38.3 Å². The Hall–Kier alpha value is -1.42. The van der Waals surface area contributed by atoms with E-state index in [0.717, 1.165) is 12.0 Å². The van der Waals surface area contributed by atoms with Crippen LogP contribution in [0.2, 0.25) is 0 Å². The van der Waals surface area contributed by atoms with Crippen LogP contribution in [0.4, 0.5) is 0 Å². The first-order chi connectivity index (χ1) is 9.46. The zero-order chi connectivity index (χ0) is 14.3. The van der Waals surface area contributed by atoms with Crippen molar-refractivity contribution in [3.05, 3.63) is 35.9 Å². The van der Waals surface area contributed by atoms with Gasteiger partial charge in [-0.05, 0) is 29.6 Å². The van der Waals surface area contributed by atoms with Crippen molar-refractivity contribution in [1.82, 2.24) is 10.6 Å². The van der Waals surface area contributed by atoms with Crippen molar-refractivity contribution >= 4 is 23.1 Å². The van der Waals surface area contributed by atoms with Gasteiger partial charge in [0.05, 0.1) is 12.0 Å². The second-order valence-electron chi connectivity index (χ2n) is 6.65. The Morgan fingerprint density at radius 2 is 1.90 bits per heavy atom. The molecule has 0 radical (unpaired) electrons. The molecule has 2 N–H and O–H groups in total. The van der Waals surface area contributed by atoms with E-state index in [0.29, 0.717) is 17.3 Å². The van der Waals surface area contributed by atoms with Gasteiger partial charge >= 0.3 is 0 Å². The molecule has 2 aliphatic rings. The quantitative estimate of drug-likeness (QED) is 0.779. The lowest BCUT2D eigenvalue weighted by Crippen LogP contribution is -2.61. The number of benzene rings is 1. The predicted molar refractivity (Wildman–Crippen MR) is 83.4 cm³/mol. The van der Waals surface area contributed by atoms with Crippen LogP contribution in [0.25, 0.3) is 0 Å². The molecule has 3 atom stereocenters. The van der Waals surface area contributed by atoms with E-state index in [4.69, 9.17) is 12.2 Å². The van der Waals surface area contributed by atoms with Crippen molar-refractivity contribution in [3.63, 3.8) is 0 Å².